The Bertz CT molecular complexity index is 908. The average molecular weight is 299 g/mol. The van der Waals surface area contributed by atoms with Crippen molar-refractivity contribution in [3.63, 3.8) is 0 Å². The van der Waals surface area contributed by atoms with Gasteiger partial charge in [-0.1, -0.05) is 31.5 Å². The maximum Gasteiger partial charge on any atom is 0.323 e. The highest BCUT2D eigenvalue weighted by Crippen LogP contribution is 2.22. The lowest BCUT2D eigenvalue weighted by Crippen LogP contribution is -2.17. The van der Waals surface area contributed by atoms with Crippen LogP contribution in [0.4, 0.5) is 0 Å². The summed E-state index contributed by atoms with van der Waals surface area (Å²) in [6, 6.07) is 7.42. The number of aryl methyl sites for hydroxylation is 1. The molecule has 0 saturated carbocycles. The van der Waals surface area contributed by atoms with E-state index in [0.29, 0.717) is 28.8 Å². The molecule has 3 rings (SSSR count). The first-order valence-corrected chi connectivity index (χ1v) is 7.33. The van der Waals surface area contributed by atoms with Crippen molar-refractivity contribution in [3.8, 4) is 0 Å². The first kappa shape index (κ1) is 14.3. The minimum atomic E-state index is -0.982. The van der Waals surface area contributed by atoms with Crippen molar-refractivity contribution in [1.29, 1.82) is 0 Å². The fourth-order valence-corrected chi connectivity index (χ4v) is 2.73. The standard InChI is InChI=1S/C16H17N3O3/c1-2-3-8-12-18-14-10-6-4-5-7-11(10)17-16(22)15(14)19(12)9-13(20)21/h4-7H,2-3,8-9H2,1H3,(H,17,22)(H,20,21). The number of rotatable bonds is 5. The van der Waals surface area contributed by atoms with Crippen LogP contribution in [-0.2, 0) is 17.8 Å². The molecule has 3 aromatic rings. The number of nitrogens with one attached hydrogen (secondary N) is 1. The van der Waals surface area contributed by atoms with Crippen molar-refractivity contribution >= 4 is 27.9 Å². The SMILES string of the molecule is CCCCc1nc2c3ccccc3[nH]c(=O)c2n1CC(=O)O. The van der Waals surface area contributed by atoms with Crippen molar-refractivity contribution in [1.82, 2.24) is 14.5 Å². The number of hydrogen-bond acceptors (Lipinski definition) is 3. The number of fused-ring (bicyclic) bond motifs is 3. The topological polar surface area (TPSA) is 88.0 Å². The predicted octanol–water partition coefficient (Wildman–Crippen LogP) is 2.30. The van der Waals surface area contributed by atoms with E-state index in [1.807, 2.05) is 24.3 Å². The minimum Gasteiger partial charge on any atom is -0.480 e. The molecule has 0 spiro atoms. The van der Waals surface area contributed by atoms with Gasteiger partial charge in [0, 0.05) is 11.8 Å². The van der Waals surface area contributed by atoms with Crippen LogP contribution >= 0.6 is 0 Å². The summed E-state index contributed by atoms with van der Waals surface area (Å²) in [4.78, 5) is 30.9. The van der Waals surface area contributed by atoms with Gasteiger partial charge in [-0.05, 0) is 12.5 Å². The monoisotopic (exact) mass is 299 g/mol. The van der Waals surface area contributed by atoms with E-state index in [9.17, 15) is 9.59 Å². The molecule has 0 aliphatic rings. The van der Waals surface area contributed by atoms with E-state index in [1.165, 1.54) is 4.57 Å². The lowest BCUT2D eigenvalue weighted by Gasteiger charge is -2.05. The van der Waals surface area contributed by atoms with Gasteiger partial charge in [-0.3, -0.25) is 9.59 Å². The fourth-order valence-electron chi connectivity index (χ4n) is 2.73. The zero-order valence-electron chi connectivity index (χ0n) is 12.3. The summed E-state index contributed by atoms with van der Waals surface area (Å²) in [5.41, 5.74) is 1.33. The van der Waals surface area contributed by atoms with Crippen LogP contribution in [0, 0.1) is 0 Å². The van der Waals surface area contributed by atoms with Gasteiger partial charge in [0.1, 0.15) is 23.4 Å². The summed E-state index contributed by atoms with van der Waals surface area (Å²) in [7, 11) is 0. The molecule has 0 unspecified atom stereocenters. The number of aromatic nitrogens is 3. The molecule has 2 N–H and O–H groups in total. The van der Waals surface area contributed by atoms with Crippen LogP contribution in [-0.4, -0.2) is 25.6 Å². The Hall–Kier alpha value is -2.63. The van der Waals surface area contributed by atoms with E-state index in [4.69, 9.17) is 5.11 Å². The predicted molar refractivity (Wildman–Crippen MR) is 84.1 cm³/mol. The van der Waals surface area contributed by atoms with Gasteiger partial charge in [0.15, 0.2) is 0 Å². The first-order chi connectivity index (χ1) is 10.6. The number of carbonyl (C=O) groups is 1. The van der Waals surface area contributed by atoms with Crippen LogP contribution in [0.2, 0.25) is 0 Å². The molecule has 2 aromatic heterocycles. The Morgan fingerprint density at radius 3 is 2.86 bits per heavy atom. The quantitative estimate of drug-likeness (QED) is 0.756. The largest absolute Gasteiger partial charge is 0.480 e. The summed E-state index contributed by atoms with van der Waals surface area (Å²) in [6.45, 7) is 1.81. The maximum atomic E-state index is 12.4. The zero-order valence-corrected chi connectivity index (χ0v) is 12.3. The normalized spacial score (nSPS) is 11.3. The number of unbranched alkanes of at least 4 members (excludes halogenated alkanes) is 1. The van der Waals surface area contributed by atoms with Crippen LogP contribution < -0.4 is 5.56 Å². The number of aromatic amines is 1. The molecular weight excluding hydrogens is 282 g/mol. The van der Waals surface area contributed by atoms with Gasteiger partial charge in [-0.2, -0.15) is 0 Å². The third-order valence-corrected chi connectivity index (χ3v) is 3.74. The molecule has 1 aromatic carbocycles. The average Bonchev–Trinajstić information content (AvgIpc) is 2.84. The van der Waals surface area contributed by atoms with Crippen molar-refractivity contribution in [3.05, 3.63) is 40.4 Å². The number of carboxylic acids is 1. The van der Waals surface area contributed by atoms with Crippen LogP contribution in [0.1, 0.15) is 25.6 Å². The third-order valence-electron chi connectivity index (χ3n) is 3.74. The van der Waals surface area contributed by atoms with Crippen molar-refractivity contribution in [2.24, 2.45) is 0 Å². The van der Waals surface area contributed by atoms with Crippen LogP contribution in [0.25, 0.3) is 21.9 Å². The summed E-state index contributed by atoms with van der Waals surface area (Å²) in [5, 5.41) is 9.97. The van der Waals surface area contributed by atoms with Gasteiger partial charge in [-0.25, -0.2) is 4.98 Å². The van der Waals surface area contributed by atoms with Crippen molar-refractivity contribution < 1.29 is 9.90 Å². The number of aliphatic carboxylic acids is 1. The van der Waals surface area contributed by atoms with Gasteiger partial charge >= 0.3 is 5.97 Å². The molecule has 0 aliphatic carbocycles. The smallest absolute Gasteiger partial charge is 0.323 e. The van der Waals surface area contributed by atoms with E-state index in [1.54, 1.807) is 0 Å². The number of H-pyrrole nitrogens is 1. The summed E-state index contributed by atoms with van der Waals surface area (Å²) in [5.74, 6) is -0.328. The molecule has 6 nitrogen and oxygen atoms in total. The second kappa shape index (κ2) is 5.63. The molecule has 6 heteroatoms. The van der Waals surface area contributed by atoms with Gasteiger partial charge in [0.2, 0.25) is 0 Å². The van der Waals surface area contributed by atoms with Crippen LogP contribution in [0.5, 0.6) is 0 Å². The van der Waals surface area contributed by atoms with Gasteiger partial charge in [0.05, 0.1) is 5.52 Å². The molecule has 0 bridgehead atoms. The molecule has 0 saturated heterocycles. The molecule has 0 fully saturated rings. The Morgan fingerprint density at radius 1 is 1.36 bits per heavy atom. The molecule has 2 heterocycles. The molecule has 0 atom stereocenters. The lowest BCUT2D eigenvalue weighted by atomic mass is 10.2. The van der Waals surface area contributed by atoms with Gasteiger partial charge in [0.25, 0.3) is 5.56 Å². The maximum absolute atomic E-state index is 12.4. The highest BCUT2D eigenvalue weighted by molar-refractivity contribution is 6.02. The zero-order chi connectivity index (χ0) is 15.7. The second-order valence-corrected chi connectivity index (χ2v) is 5.31. The van der Waals surface area contributed by atoms with E-state index in [2.05, 4.69) is 16.9 Å². The van der Waals surface area contributed by atoms with Crippen molar-refractivity contribution in [2.75, 3.05) is 0 Å². The van der Waals surface area contributed by atoms with E-state index in [0.717, 1.165) is 18.2 Å². The Balaban J connectivity index is 2.34. The Kier molecular flexibility index (Phi) is 3.66. The highest BCUT2D eigenvalue weighted by atomic mass is 16.4. The second-order valence-electron chi connectivity index (χ2n) is 5.31. The van der Waals surface area contributed by atoms with Gasteiger partial charge < -0.3 is 14.7 Å². The summed E-state index contributed by atoms with van der Waals surface area (Å²) < 4.78 is 1.53. The van der Waals surface area contributed by atoms with E-state index >= 15 is 0 Å². The number of hydrogen-bond donors (Lipinski definition) is 2. The lowest BCUT2D eigenvalue weighted by molar-refractivity contribution is -0.137. The molecule has 114 valence electrons. The van der Waals surface area contributed by atoms with E-state index in [-0.39, 0.29) is 12.1 Å². The minimum absolute atomic E-state index is 0.253. The molecular formula is C16H17N3O3. The van der Waals surface area contributed by atoms with Crippen molar-refractivity contribution in [2.45, 2.75) is 32.7 Å². The number of pyridine rings is 1. The first-order valence-electron chi connectivity index (χ1n) is 7.33. The van der Waals surface area contributed by atoms with Crippen LogP contribution in [0.3, 0.4) is 0 Å². The molecule has 22 heavy (non-hydrogen) atoms. The number of nitrogens with zero attached hydrogens (tertiary/aromatic N) is 2. The number of imidazole rings is 1. The third kappa shape index (κ3) is 2.36. The van der Waals surface area contributed by atoms with Crippen LogP contribution in [0.15, 0.2) is 29.1 Å². The summed E-state index contributed by atoms with van der Waals surface area (Å²) in [6.07, 6.45) is 2.54. The Morgan fingerprint density at radius 2 is 2.14 bits per heavy atom. The number of benzene rings is 1. The summed E-state index contributed by atoms with van der Waals surface area (Å²) >= 11 is 0. The molecule has 0 amide bonds. The Labute approximate surface area is 126 Å². The van der Waals surface area contributed by atoms with Gasteiger partial charge in [-0.15, -0.1) is 0 Å². The number of carboxylic acid groups (broad SMARTS) is 1. The van der Waals surface area contributed by atoms with E-state index < -0.39 is 5.97 Å². The number of para-hydroxylation sites is 1. The molecule has 0 aliphatic heterocycles. The highest BCUT2D eigenvalue weighted by Gasteiger charge is 2.18. The fraction of sp³-hybridized carbons (Fsp3) is 0.312. The molecule has 0 radical (unpaired) electrons.